The van der Waals surface area contributed by atoms with Gasteiger partial charge < -0.3 is 9.79 Å². The molecule has 39 heavy (non-hydrogen) atoms. The molecular weight excluding hydrogens is 708 g/mol. The van der Waals surface area contributed by atoms with E-state index in [1.54, 1.807) is 0 Å². The van der Waals surface area contributed by atoms with Crippen LogP contribution in [0.3, 0.4) is 0 Å². The number of hydrogen-bond acceptors (Lipinski definition) is 9. The van der Waals surface area contributed by atoms with Crippen LogP contribution in [0.2, 0.25) is 0 Å². The van der Waals surface area contributed by atoms with Gasteiger partial charge in [0, 0.05) is 0 Å². The summed E-state index contributed by atoms with van der Waals surface area (Å²) < 4.78 is 250. The largest absolute Gasteiger partial charge is 0.507 e. The first-order valence-electron chi connectivity index (χ1n) is 7.17. The molecule has 0 aliphatic rings. The average molecular weight is 712 g/mol. The molecule has 0 amide bonds. The molecule has 0 aliphatic heterocycles. The van der Waals surface area contributed by atoms with Gasteiger partial charge in [-0.1, -0.05) is 0 Å². The van der Waals surface area contributed by atoms with E-state index in [0.717, 1.165) is 0 Å². The van der Waals surface area contributed by atoms with Crippen LogP contribution >= 0.6 is 31.4 Å². The third-order valence-corrected chi connectivity index (χ3v) is 6.69. The van der Waals surface area contributed by atoms with Gasteiger partial charge in [0.25, 0.3) is 0 Å². The molecule has 0 saturated carbocycles. The number of hydrogen-bond donors (Lipinski definition) is 4. The van der Waals surface area contributed by atoms with Gasteiger partial charge in [-0.3, -0.25) is 9.79 Å². The second kappa shape index (κ2) is 12.0. The Balaban J connectivity index is 0. The lowest BCUT2D eigenvalue weighted by atomic mass is 10.6. The molecule has 1 atom stereocenters. The summed E-state index contributed by atoms with van der Waals surface area (Å²) in [6, 6.07) is 0. The summed E-state index contributed by atoms with van der Waals surface area (Å²) >= 11 is 0. The van der Waals surface area contributed by atoms with Gasteiger partial charge in [0.2, 0.25) is 0 Å². The summed E-state index contributed by atoms with van der Waals surface area (Å²) in [5, 5.41) is 0. The zero-order valence-electron chi connectivity index (χ0n) is 16.3. The van der Waals surface area contributed by atoms with Crippen molar-refractivity contribution < 1.29 is 130 Å². The van der Waals surface area contributed by atoms with Gasteiger partial charge in [0.1, 0.15) is 0 Å². The van der Waals surface area contributed by atoms with Crippen molar-refractivity contribution in [3.63, 3.8) is 0 Å². The SMILES string of the molecule is O=P(O)(O)F.O=P(O)(O)OP(=O)(OC(F)(F)C(F)(F)F)OP(=O)(OC(F)(F)C(F)(F)F)OC(F)(F)C(F)(F)F. The van der Waals surface area contributed by atoms with Crippen molar-refractivity contribution in [2.75, 3.05) is 0 Å². The van der Waals surface area contributed by atoms with E-state index < -0.39 is 68.2 Å². The maximum absolute atomic E-state index is 12.9. The minimum absolute atomic E-state index is 1.89. The fourth-order valence-corrected chi connectivity index (χ4v) is 5.06. The van der Waals surface area contributed by atoms with Crippen LogP contribution in [0.25, 0.3) is 0 Å². The Morgan fingerprint density at radius 3 is 0.821 bits per heavy atom. The van der Waals surface area contributed by atoms with Crippen molar-refractivity contribution >= 4 is 31.4 Å². The Kier molecular flexibility index (Phi) is 12.5. The Labute approximate surface area is 199 Å². The summed E-state index contributed by atoms with van der Waals surface area (Å²) in [6.07, 6.45) is -43.4. The average Bonchev–Trinajstić information content (AvgIpc) is 2.43. The highest BCUT2D eigenvalue weighted by atomic mass is 31.3. The first-order valence-corrected chi connectivity index (χ1v) is 13.1. The van der Waals surface area contributed by atoms with Crippen LogP contribution in [0.4, 0.5) is 70.1 Å². The summed E-state index contributed by atoms with van der Waals surface area (Å²) in [7, 11) is -28.7. The second-order valence-corrected chi connectivity index (χ2v) is 10.9. The predicted octanol–water partition coefficient (Wildman–Crippen LogP) is 5.89. The molecule has 0 saturated heterocycles. The Hall–Kier alpha value is -0.560. The minimum Gasteiger partial charge on any atom is -0.302 e. The predicted molar refractivity (Wildman–Crippen MR) is 78.8 cm³/mol. The van der Waals surface area contributed by atoms with Crippen LogP contribution in [0.1, 0.15) is 0 Å². The van der Waals surface area contributed by atoms with Crippen molar-refractivity contribution in [2.45, 2.75) is 36.9 Å². The molecule has 4 N–H and O–H groups in total. The monoisotopic (exact) mass is 712 g/mol. The standard InChI is InChI=1S/C6H2F15O10P3.FH2O3P/c7-1(8,9)4(16,17)27-33(25,28-5(18,19)2(10,11)12)31-34(26,30-32(22,23)24)29-6(20,21)3(13,14)15;1-5(2,3)4/h(H2,22,23,24);(H2,2,3,4). The highest BCUT2D eigenvalue weighted by molar-refractivity contribution is 7.67. The van der Waals surface area contributed by atoms with Crippen LogP contribution < -0.4 is 0 Å². The summed E-state index contributed by atoms with van der Waals surface area (Å²) in [4.78, 5) is 30.5. The van der Waals surface area contributed by atoms with E-state index in [-0.39, 0.29) is 0 Å². The summed E-state index contributed by atoms with van der Waals surface area (Å²) in [5.41, 5.74) is 0. The van der Waals surface area contributed by atoms with Gasteiger partial charge >= 0.3 is 68.2 Å². The van der Waals surface area contributed by atoms with Gasteiger partial charge in [-0.15, -0.1) is 4.20 Å². The first-order chi connectivity index (χ1) is 16.3. The number of phosphoric ester groups is 1. The van der Waals surface area contributed by atoms with E-state index >= 15 is 0 Å². The van der Waals surface area contributed by atoms with E-state index in [4.69, 9.17) is 24.1 Å². The Morgan fingerprint density at radius 2 is 0.641 bits per heavy atom. The van der Waals surface area contributed by atoms with Crippen molar-refractivity contribution in [2.24, 2.45) is 0 Å². The van der Waals surface area contributed by atoms with Crippen molar-refractivity contribution in [1.82, 2.24) is 0 Å². The number of alkyl halides is 15. The summed E-state index contributed by atoms with van der Waals surface area (Å²) in [6.45, 7) is 0. The van der Waals surface area contributed by atoms with Crippen LogP contribution in [0.15, 0.2) is 0 Å². The minimum atomic E-state index is -8.50. The fourth-order valence-electron chi connectivity index (χ4n) is 0.929. The molecule has 0 aromatic rings. The third kappa shape index (κ3) is 14.8. The normalized spacial score (nSPS) is 16.8. The highest BCUT2D eigenvalue weighted by Crippen LogP contribution is 2.75. The lowest BCUT2D eigenvalue weighted by Gasteiger charge is -2.30. The van der Waals surface area contributed by atoms with Gasteiger partial charge in [-0.05, 0) is 0 Å². The number of rotatable bonds is 10. The Bertz CT molecular complexity index is 981. The lowest BCUT2D eigenvalue weighted by molar-refractivity contribution is -0.386. The fraction of sp³-hybridized carbons (Fsp3) is 1.00. The molecule has 0 spiro atoms. The van der Waals surface area contributed by atoms with Crippen molar-refractivity contribution in [1.29, 1.82) is 0 Å². The molecule has 13 nitrogen and oxygen atoms in total. The molecule has 0 rings (SSSR count). The van der Waals surface area contributed by atoms with Crippen molar-refractivity contribution in [3.8, 4) is 0 Å². The topological polar surface area (TPSA) is 195 Å². The maximum atomic E-state index is 12.9. The Morgan fingerprint density at radius 1 is 0.436 bits per heavy atom. The van der Waals surface area contributed by atoms with Gasteiger partial charge in [0.15, 0.2) is 0 Å². The molecule has 0 aliphatic carbocycles. The van der Waals surface area contributed by atoms with Gasteiger partial charge in [-0.25, -0.2) is 31.8 Å². The smallest absolute Gasteiger partial charge is 0.302 e. The third-order valence-electron chi connectivity index (χ3n) is 2.08. The lowest BCUT2D eigenvalue weighted by Crippen LogP contribution is -2.42. The van der Waals surface area contributed by atoms with Crippen molar-refractivity contribution in [3.05, 3.63) is 0 Å². The van der Waals surface area contributed by atoms with Crippen LogP contribution in [-0.2, 0) is 40.5 Å². The molecule has 0 aromatic heterocycles. The summed E-state index contributed by atoms with van der Waals surface area (Å²) in [5.74, 6) is 0. The van der Waals surface area contributed by atoms with E-state index in [0.29, 0.717) is 0 Å². The van der Waals surface area contributed by atoms with Crippen LogP contribution in [0.5, 0.6) is 0 Å². The molecule has 0 fully saturated rings. The molecule has 0 radical (unpaired) electrons. The number of halogens is 16. The van der Waals surface area contributed by atoms with Crippen LogP contribution in [-0.4, -0.2) is 56.4 Å². The molecule has 0 aromatic carbocycles. The van der Waals surface area contributed by atoms with Gasteiger partial charge in [-0.2, -0.15) is 74.5 Å². The van der Waals surface area contributed by atoms with Crippen LogP contribution in [0, 0.1) is 0 Å². The quantitative estimate of drug-likeness (QED) is 0.155. The highest BCUT2D eigenvalue weighted by Gasteiger charge is 2.71. The van der Waals surface area contributed by atoms with E-state index in [1.165, 1.54) is 0 Å². The van der Waals surface area contributed by atoms with Gasteiger partial charge in [0.05, 0.1) is 0 Å². The molecule has 33 heteroatoms. The molecule has 0 bridgehead atoms. The molecule has 1 unspecified atom stereocenters. The molecule has 0 heterocycles. The first kappa shape index (κ1) is 40.6. The zero-order valence-corrected chi connectivity index (χ0v) is 19.9. The number of phosphoric acid groups is 3. The second-order valence-electron chi connectivity index (χ2n) is 5.34. The molecular formula is C6H4F16O13P4. The maximum Gasteiger partial charge on any atom is 0.507 e. The van der Waals surface area contributed by atoms with E-state index in [1.807, 2.05) is 13.6 Å². The molecule has 238 valence electrons. The van der Waals surface area contributed by atoms with E-state index in [2.05, 4.69) is 8.62 Å². The van der Waals surface area contributed by atoms with E-state index in [9.17, 15) is 83.7 Å². The zero-order chi connectivity index (χ0) is 32.5.